The minimum atomic E-state index is 0.283. The van der Waals surface area contributed by atoms with Gasteiger partial charge in [0.1, 0.15) is 0 Å². The van der Waals surface area contributed by atoms with Crippen molar-refractivity contribution in [1.82, 2.24) is 0 Å². The smallest absolute Gasteiger partial charge is 0.162 e. The van der Waals surface area contributed by atoms with Gasteiger partial charge in [0.15, 0.2) is 5.78 Å². The summed E-state index contributed by atoms with van der Waals surface area (Å²) < 4.78 is 5.04. The molecule has 2 fully saturated rings. The summed E-state index contributed by atoms with van der Waals surface area (Å²) in [5.74, 6) is 2.12. The molecule has 2 heteroatoms. The van der Waals surface area contributed by atoms with Gasteiger partial charge in [-0.3, -0.25) is 4.79 Å². The molecule has 2 bridgehead atoms. The van der Waals surface area contributed by atoms with Crippen LogP contribution < -0.4 is 0 Å². The average Bonchev–Trinajstić information content (AvgIpc) is 2.79. The van der Waals surface area contributed by atoms with Crippen LogP contribution in [0, 0.1) is 17.8 Å². The molecule has 0 heterocycles. The van der Waals surface area contributed by atoms with Gasteiger partial charge >= 0.3 is 0 Å². The fraction of sp³-hybridized carbons (Fsp3) is 0.750. The summed E-state index contributed by atoms with van der Waals surface area (Å²) in [5.41, 5.74) is 0. The van der Waals surface area contributed by atoms with Gasteiger partial charge in [0.25, 0.3) is 0 Å². The van der Waals surface area contributed by atoms with Crippen molar-refractivity contribution in [1.29, 1.82) is 0 Å². The molecule has 0 radical (unpaired) electrons. The van der Waals surface area contributed by atoms with Crippen molar-refractivity contribution in [3.63, 3.8) is 0 Å². The van der Waals surface area contributed by atoms with E-state index in [2.05, 4.69) is 0 Å². The van der Waals surface area contributed by atoms with E-state index in [1.807, 2.05) is 6.92 Å². The van der Waals surface area contributed by atoms with Gasteiger partial charge in [-0.05, 0) is 38.0 Å². The maximum atomic E-state index is 11.7. The maximum absolute atomic E-state index is 11.7. The molecule has 2 nitrogen and oxygen atoms in total. The molecule has 2 rings (SSSR count). The van der Waals surface area contributed by atoms with E-state index in [0.717, 1.165) is 12.3 Å². The highest BCUT2D eigenvalue weighted by Gasteiger charge is 2.42. The Balaban J connectivity index is 1.87. The Labute approximate surface area is 85.3 Å². The van der Waals surface area contributed by atoms with Gasteiger partial charge in [-0.2, -0.15) is 0 Å². The lowest BCUT2D eigenvalue weighted by atomic mass is 9.86. The van der Waals surface area contributed by atoms with E-state index in [0.29, 0.717) is 18.4 Å². The minimum absolute atomic E-state index is 0.283. The molecule has 78 valence electrons. The quantitative estimate of drug-likeness (QED) is 0.508. The summed E-state index contributed by atoms with van der Waals surface area (Å²) in [6.45, 7) is 2.56. The van der Waals surface area contributed by atoms with E-state index >= 15 is 0 Å². The SMILES string of the molecule is CCO/C=C/C(=O)C1CC2CCC1C2. The first-order chi connectivity index (χ1) is 6.81. The van der Waals surface area contributed by atoms with Crippen molar-refractivity contribution < 1.29 is 9.53 Å². The Hall–Kier alpha value is -0.790. The van der Waals surface area contributed by atoms with Crippen LogP contribution >= 0.6 is 0 Å². The Morgan fingerprint density at radius 1 is 1.43 bits per heavy atom. The Kier molecular flexibility index (Phi) is 2.90. The third-order valence-corrected chi connectivity index (χ3v) is 3.60. The second kappa shape index (κ2) is 4.16. The van der Waals surface area contributed by atoms with E-state index < -0.39 is 0 Å². The van der Waals surface area contributed by atoms with E-state index in [1.165, 1.54) is 19.3 Å². The first kappa shape index (κ1) is 9.75. The Bertz CT molecular complexity index is 245. The van der Waals surface area contributed by atoms with Crippen LogP contribution in [0.3, 0.4) is 0 Å². The minimum Gasteiger partial charge on any atom is -0.501 e. The summed E-state index contributed by atoms with van der Waals surface area (Å²) in [6, 6.07) is 0. The number of hydrogen-bond donors (Lipinski definition) is 0. The zero-order valence-electron chi connectivity index (χ0n) is 8.74. The molecule has 3 atom stereocenters. The van der Waals surface area contributed by atoms with Crippen LogP contribution in [0.2, 0.25) is 0 Å². The van der Waals surface area contributed by atoms with E-state index in [9.17, 15) is 4.79 Å². The van der Waals surface area contributed by atoms with Crippen molar-refractivity contribution in [3.05, 3.63) is 12.3 Å². The fourth-order valence-corrected chi connectivity index (χ4v) is 2.93. The molecule has 0 aliphatic heterocycles. The van der Waals surface area contributed by atoms with E-state index in [4.69, 9.17) is 4.74 Å². The van der Waals surface area contributed by atoms with Crippen LogP contribution in [0.5, 0.6) is 0 Å². The van der Waals surface area contributed by atoms with Crippen molar-refractivity contribution in [2.24, 2.45) is 17.8 Å². The zero-order chi connectivity index (χ0) is 9.97. The van der Waals surface area contributed by atoms with E-state index in [1.54, 1.807) is 12.3 Å². The number of ether oxygens (including phenoxy) is 1. The Morgan fingerprint density at radius 2 is 2.29 bits per heavy atom. The standard InChI is InChI=1S/C12H18O2/c1-2-14-6-5-12(13)11-8-9-3-4-10(11)7-9/h5-6,9-11H,2-4,7-8H2,1H3/b6-5+. The van der Waals surface area contributed by atoms with Crippen LogP contribution in [0.25, 0.3) is 0 Å². The second-order valence-electron chi connectivity index (χ2n) is 4.44. The molecule has 0 saturated heterocycles. The summed E-state index contributed by atoms with van der Waals surface area (Å²) in [5, 5.41) is 0. The molecule has 0 spiro atoms. The highest BCUT2D eigenvalue weighted by atomic mass is 16.5. The van der Waals surface area contributed by atoms with Crippen LogP contribution in [0.4, 0.5) is 0 Å². The topological polar surface area (TPSA) is 26.3 Å². The normalized spacial score (nSPS) is 35.4. The summed E-state index contributed by atoms with van der Waals surface area (Å²) in [4.78, 5) is 11.7. The molecule has 0 amide bonds. The predicted octanol–water partition coefficient (Wildman–Crippen LogP) is 2.54. The van der Waals surface area contributed by atoms with Gasteiger partial charge in [0.05, 0.1) is 12.9 Å². The third-order valence-electron chi connectivity index (χ3n) is 3.60. The molecule has 0 N–H and O–H groups in total. The van der Waals surface area contributed by atoms with Crippen LogP contribution in [-0.2, 0) is 9.53 Å². The molecule has 2 aliphatic rings. The first-order valence-corrected chi connectivity index (χ1v) is 5.63. The first-order valence-electron chi connectivity index (χ1n) is 5.63. The molecule has 2 saturated carbocycles. The Morgan fingerprint density at radius 3 is 2.86 bits per heavy atom. The monoisotopic (exact) mass is 194 g/mol. The van der Waals surface area contributed by atoms with Crippen molar-refractivity contribution in [3.8, 4) is 0 Å². The molecule has 2 aliphatic carbocycles. The number of fused-ring (bicyclic) bond motifs is 2. The number of ketones is 1. The highest BCUT2D eigenvalue weighted by molar-refractivity contribution is 5.92. The summed E-state index contributed by atoms with van der Waals surface area (Å²) in [7, 11) is 0. The molecule has 0 aromatic heterocycles. The van der Waals surface area contributed by atoms with Crippen LogP contribution in [-0.4, -0.2) is 12.4 Å². The van der Waals surface area contributed by atoms with Crippen LogP contribution in [0.1, 0.15) is 32.6 Å². The van der Waals surface area contributed by atoms with Crippen LogP contribution in [0.15, 0.2) is 12.3 Å². The maximum Gasteiger partial charge on any atom is 0.162 e. The number of allylic oxidation sites excluding steroid dienone is 1. The van der Waals surface area contributed by atoms with Gasteiger partial charge in [-0.1, -0.05) is 6.42 Å². The number of rotatable bonds is 4. The lowest BCUT2D eigenvalue weighted by molar-refractivity contribution is -0.119. The molecule has 3 unspecified atom stereocenters. The summed E-state index contributed by atoms with van der Waals surface area (Å²) >= 11 is 0. The van der Waals surface area contributed by atoms with E-state index in [-0.39, 0.29) is 5.78 Å². The summed E-state index contributed by atoms with van der Waals surface area (Å²) in [6.07, 6.45) is 8.20. The highest BCUT2D eigenvalue weighted by Crippen LogP contribution is 2.48. The number of hydrogen-bond acceptors (Lipinski definition) is 2. The largest absolute Gasteiger partial charge is 0.501 e. The molecule has 0 aromatic carbocycles. The molecular formula is C12H18O2. The number of carbonyl (C=O) groups excluding carboxylic acids is 1. The van der Waals surface area contributed by atoms with Gasteiger partial charge < -0.3 is 4.74 Å². The zero-order valence-corrected chi connectivity index (χ0v) is 8.74. The van der Waals surface area contributed by atoms with Crippen molar-refractivity contribution in [2.45, 2.75) is 32.6 Å². The van der Waals surface area contributed by atoms with Crippen molar-refractivity contribution in [2.75, 3.05) is 6.61 Å². The molecule has 0 aromatic rings. The third kappa shape index (κ3) is 1.84. The van der Waals surface area contributed by atoms with Gasteiger partial charge in [0.2, 0.25) is 0 Å². The van der Waals surface area contributed by atoms with Crippen molar-refractivity contribution >= 4 is 5.78 Å². The van der Waals surface area contributed by atoms with Gasteiger partial charge in [0, 0.05) is 12.0 Å². The molecule has 14 heavy (non-hydrogen) atoms. The molecular weight excluding hydrogens is 176 g/mol. The fourth-order valence-electron chi connectivity index (χ4n) is 2.93. The second-order valence-corrected chi connectivity index (χ2v) is 4.44. The number of carbonyl (C=O) groups is 1. The van der Waals surface area contributed by atoms with Gasteiger partial charge in [-0.25, -0.2) is 0 Å². The van der Waals surface area contributed by atoms with Gasteiger partial charge in [-0.15, -0.1) is 0 Å². The lowest BCUT2D eigenvalue weighted by Crippen LogP contribution is -2.18. The average molecular weight is 194 g/mol. The lowest BCUT2D eigenvalue weighted by Gasteiger charge is -2.18. The predicted molar refractivity (Wildman–Crippen MR) is 54.7 cm³/mol.